The number of pyridine rings is 1. The Morgan fingerprint density at radius 3 is 2.64 bits per heavy atom. The van der Waals surface area contributed by atoms with Crippen LogP contribution < -0.4 is 9.64 Å². The van der Waals surface area contributed by atoms with Gasteiger partial charge in [0.2, 0.25) is 5.91 Å². The van der Waals surface area contributed by atoms with Crippen LogP contribution >= 0.6 is 0 Å². The fraction of sp³-hybridized carbons (Fsp3) is 0.273. The Morgan fingerprint density at radius 1 is 1.11 bits per heavy atom. The van der Waals surface area contributed by atoms with E-state index in [1.807, 2.05) is 48.2 Å². The summed E-state index contributed by atoms with van der Waals surface area (Å²) in [7, 11) is 1.62. The van der Waals surface area contributed by atoms with Gasteiger partial charge in [0.15, 0.2) is 0 Å². The van der Waals surface area contributed by atoms with E-state index in [0.717, 1.165) is 34.6 Å². The molecule has 5 nitrogen and oxygen atoms in total. The van der Waals surface area contributed by atoms with Crippen LogP contribution in [-0.2, 0) is 11.3 Å². The minimum atomic E-state index is -0.268. The first-order valence-electron chi connectivity index (χ1n) is 9.30. The third kappa shape index (κ3) is 3.55. The maximum Gasteiger partial charge on any atom is 0.244 e. The van der Waals surface area contributed by atoms with Crippen molar-refractivity contribution in [3.05, 3.63) is 66.1 Å². The van der Waals surface area contributed by atoms with Crippen LogP contribution in [-0.4, -0.2) is 42.0 Å². The highest BCUT2D eigenvalue weighted by Crippen LogP contribution is 2.24. The number of anilines is 1. The van der Waals surface area contributed by atoms with Gasteiger partial charge in [-0.2, -0.15) is 0 Å². The van der Waals surface area contributed by atoms with Crippen molar-refractivity contribution in [3.63, 3.8) is 0 Å². The average molecular weight is 379 g/mol. The van der Waals surface area contributed by atoms with E-state index in [0.29, 0.717) is 13.1 Å². The van der Waals surface area contributed by atoms with E-state index >= 15 is 0 Å². The number of carbonyl (C=O) groups excluding carboxylic acids is 1. The van der Waals surface area contributed by atoms with Crippen LogP contribution in [0.2, 0.25) is 0 Å². The summed E-state index contributed by atoms with van der Waals surface area (Å²) in [5.41, 5.74) is 2.51. The molecule has 28 heavy (non-hydrogen) atoms. The second-order valence-electron chi connectivity index (χ2n) is 6.97. The van der Waals surface area contributed by atoms with Gasteiger partial charge in [-0.25, -0.2) is 4.39 Å². The van der Waals surface area contributed by atoms with Gasteiger partial charge in [-0.3, -0.25) is 14.7 Å². The fourth-order valence-corrected chi connectivity index (χ4v) is 3.58. The van der Waals surface area contributed by atoms with Crippen LogP contribution in [0.1, 0.15) is 12.6 Å². The lowest BCUT2D eigenvalue weighted by Gasteiger charge is -2.39. The number of amides is 1. The molecule has 0 aliphatic carbocycles. The molecule has 0 spiro atoms. The monoisotopic (exact) mass is 379 g/mol. The standard InChI is InChI=1S/C22H22FN3O2/c1-15-22(27)26(19-6-8-20(28-2)9-7-19)12-11-25(15)14-18-5-3-16-13-17(23)4-10-21(16)24-18/h3-10,13,15H,11-12,14H2,1-2H3. The van der Waals surface area contributed by atoms with E-state index in [2.05, 4.69) is 9.88 Å². The average Bonchev–Trinajstić information content (AvgIpc) is 2.72. The van der Waals surface area contributed by atoms with Gasteiger partial charge in [0.1, 0.15) is 11.6 Å². The number of ether oxygens (including phenoxy) is 1. The summed E-state index contributed by atoms with van der Waals surface area (Å²) in [6, 6.07) is 15.6. The number of aromatic nitrogens is 1. The first kappa shape index (κ1) is 18.4. The van der Waals surface area contributed by atoms with Gasteiger partial charge in [0, 0.05) is 30.7 Å². The minimum absolute atomic E-state index is 0.0688. The number of halogens is 1. The van der Waals surface area contributed by atoms with Crippen LogP contribution in [0.15, 0.2) is 54.6 Å². The van der Waals surface area contributed by atoms with Crippen molar-refractivity contribution in [2.75, 3.05) is 25.1 Å². The number of methoxy groups -OCH3 is 1. The van der Waals surface area contributed by atoms with Gasteiger partial charge < -0.3 is 9.64 Å². The third-order valence-electron chi connectivity index (χ3n) is 5.24. The van der Waals surface area contributed by atoms with E-state index in [4.69, 9.17) is 4.74 Å². The Hall–Kier alpha value is -2.99. The van der Waals surface area contributed by atoms with Gasteiger partial charge in [-0.1, -0.05) is 6.07 Å². The molecule has 0 radical (unpaired) electrons. The van der Waals surface area contributed by atoms with E-state index in [-0.39, 0.29) is 17.8 Å². The van der Waals surface area contributed by atoms with Gasteiger partial charge in [0.05, 0.1) is 24.4 Å². The zero-order valence-electron chi connectivity index (χ0n) is 15.9. The number of benzene rings is 2. The summed E-state index contributed by atoms with van der Waals surface area (Å²) >= 11 is 0. The van der Waals surface area contributed by atoms with Crippen molar-refractivity contribution < 1.29 is 13.9 Å². The van der Waals surface area contributed by atoms with Crippen molar-refractivity contribution in [1.82, 2.24) is 9.88 Å². The Kier molecular flexibility index (Phi) is 4.96. The van der Waals surface area contributed by atoms with E-state index in [1.165, 1.54) is 12.1 Å². The molecule has 1 atom stereocenters. The summed E-state index contributed by atoms with van der Waals surface area (Å²) in [6.07, 6.45) is 0. The van der Waals surface area contributed by atoms with Gasteiger partial charge >= 0.3 is 0 Å². The lowest BCUT2D eigenvalue weighted by atomic mass is 10.1. The first-order chi connectivity index (χ1) is 13.5. The lowest BCUT2D eigenvalue weighted by Crippen LogP contribution is -2.55. The minimum Gasteiger partial charge on any atom is -0.497 e. The molecule has 0 N–H and O–H groups in total. The molecule has 1 saturated heterocycles. The second kappa shape index (κ2) is 7.56. The van der Waals surface area contributed by atoms with Crippen LogP contribution in [0.25, 0.3) is 10.9 Å². The number of hydrogen-bond donors (Lipinski definition) is 0. The Morgan fingerprint density at radius 2 is 1.89 bits per heavy atom. The van der Waals surface area contributed by atoms with Gasteiger partial charge in [-0.15, -0.1) is 0 Å². The Balaban J connectivity index is 1.48. The number of nitrogens with zero attached hydrogens (tertiary/aromatic N) is 3. The Labute approximate surface area is 163 Å². The molecule has 1 aliphatic rings. The van der Waals surface area contributed by atoms with E-state index in [1.54, 1.807) is 13.2 Å². The predicted molar refractivity (Wildman–Crippen MR) is 107 cm³/mol. The van der Waals surface area contributed by atoms with Crippen molar-refractivity contribution in [1.29, 1.82) is 0 Å². The number of hydrogen-bond acceptors (Lipinski definition) is 4. The van der Waals surface area contributed by atoms with Crippen LogP contribution in [0.4, 0.5) is 10.1 Å². The quantitative estimate of drug-likeness (QED) is 0.695. The number of carbonyl (C=O) groups is 1. The van der Waals surface area contributed by atoms with Crippen LogP contribution in [0.5, 0.6) is 5.75 Å². The van der Waals surface area contributed by atoms with Gasteiger partial charge in [-0.05, 0) is 55.5 Å². The fourth-order valence-electron chi connectivity index (χ4n) is 3.58. The molecular formula is C22H22FN3O2. The van der Waals surface area contributed by atoms with Crippen molar-refractivity contribution in [2.45, 2.75) is 19.5 Å². The second-order valence-corrected chi connectivity index (χ2v) is 6.97. The van der Waals surface area contributed by atoms with Crippen LogP contribution in [0.3, 0.4) is 0 Å². The maximum absolute atomic E-state index is 13.3. The molecule has 1 amide bonds. The molecule has 1 aromatic heterocycles. The zero-order chi connectivity index (χ0) is 19.7. The predicted octanol–water partition coefficient (Wildman–Crippen LogP) is 3.62. The summed E-state index contributed by atoms with van der Waals surface area (Å²) in [5, 5.41) is 0.775. The van der Waals surface area contributed by atoms with Crippen molar-refractivity contribution in [2.24, 2.45) is 0 Å². The first-order valence-corrected chi connectivity index (χ1v) is 9.30. The summed E-state index contributed by atoms with van der Waals surface area (Å²) in [4.78, 5) is 21.5. The SMILES string of the molecule is COc1ccc(N2CCN(Cc3ccc4cc(F)ccc4n3)C(C)C2=O)cc1. The van der Waals surface area contributed by atoms with Crippen molar-refractivity contribution >= 4 is 22.5 Å². The third-order valence-corrected chi connectivity index (χ3v) is 5.24. The molecule has 3 aromatic rings. The summed E-state index contributed by atoms with van der Waals surface area (Å²) < 4.78 is 18.5. The maximum atomic E-state index is 13.3. The molecule has 1 unspecified atom stereocenters. The van der Waals surface area contributed by atoms with E-state index < -0.39 is 0 Å². The summed E-state index contributed by atoms with van der Waals surface area (Å²) in [6.45, 7) is 3.88. The summed E-state index contributed by atoms with van der Waals surface area (Å²) in [5.74, 6) is 0.570. The molecule has 1 aliphatic heterocycles. The van der Waals surface area contributed by atoms with Gasteiger partial charge in [0.25, 0.3) is 0 Å². The molecule has 4 rings (SSSR count). The molecule has 2 heterocycles. The number of piperazine rings is 1. The van der Waals surface area contributed by atoms with E-state index in [9.17, 15) is 9.18 Å². The highest BCUT2D eigenvalue weighted by Gasteiger charge is 2.32. The Bertz CT molecular complexity index is 1010. The number of rotatable bonds is 4. The molecule has 0 bridgehead atoms. The molecule has 1 fully saturated rings. The zero-order valence-corrected chi connectivity index (χ0v) is 15.9. The molecule has 0 saturated carbocycles. The lowest BCUT2D eigenvalue weighted by molar-refractivity contribution is -0.125. The molecular weight excluding hydrogens is 357 g/mol. The molecule has 2 aromatic carbocycles. The largest absolute Gasteiger partial charge is 0.497 e. The topological polar surface area (TPSA) is 45.7 Å². The molecule has 144 valence electrons. The smallest absolute Gasteiger partial charge is 0.244 e. The number of fused-ring (bicyclic) bond motifs is 1. The van der Waals surface area contributed by atoms with Crippen molar-refractivity contribution in [3.8, 4) is 5.75 Å². The van der Waals surface area contributed by atoms with Crippen LogP contribution in [0, 0.1) is 5.82 Å². The molecule has 6 heteroatoms. The normalized spacial score (nSPS) is 17.9. The highest BCUT2D eigenvalue weighted by atomic mass is 19.1. The highest BCUT2D eigenvalue weighted by molar-refractivity contribution is 5.97.